The van der Waals surface area contributed by atoms with Crippen LogP contribution in [0.2, 0.25) is 0 Å². The van der Waals surface area contributed by atoms with Crippen LogP contribution >= 0.6 is 0 Å². The standard InChI is InChI=1S/C29H30N4/c1-22(2)29-30-32(27-17-13-25(14-18-27)23-9-5-3-6-10-23)21-33(31-29)28-19-15-26(16-20-28)24-11-7-4-8-12-24/h3-20,22,29-31H,21H2,1-2H3. The van der Waals surface area contributed by atoms with Crippen LogP contribution in [-0.4, -0.2) is 12.8 Å². The van der Waals surface area contributed by atoms with Crippen LogP contribution in [-0.2, 0) is 0 Å². The Bertz CT molecular complexity index is 1060. The van der Waals surface area contributed by atoms with Crippen molar-refractivity contribution in [2.45, 2.75) is 20.0 Å². The molecule has 0 amide bonds. The fraction of sp³-hybridized carbons (Fsp3) is 0.172. The molecule has 4 nitrogen and oxygen atoms in total. The van der Waals surface area contributed by atoms with Crippen LogP contribution in [0.5, 0.6) is 0 Å². The van der Waals surface area contributed by atoms with Crippen molar-refractivity contribution in [3.8, 4) is 22.3 Å². The summed E-state index contributed by atoms with van der Waals surface area (Å²) in [6.07, 6.45) is 0.126. The number of anilines is 2. The van der Waals surface area contributed by atoms with E-state index in [4.69, 9.17) is 0 Å². The molecule has 0 aromatic heterocycles. The number of rotatable bonds is 5. The summed E-state index contributed by atoms with van der Waals surface area (Å²) >= 11 is 0. The third-order valence-electron chi connectivity index (χ3n) is 6.11. The van der Waals surface area contributed by atoms with Gasteiger partial charge < -0.3 is 0 Å². The smallest absolute Gasteiger partial charge is 0.120 e. The summed E-state index contributed by atoms with van der Waals surface area (Å²) < 4.78 is 0. The summed E-state index contributed by atoms with van der Waals surface area (Å²) in [5, 5.41) is 4.45. The Morgan fingerprint density at radius 3 is 1.27 bits per heavy atom. The first-order valence-electron chi connectivity index (χ1n) is 11.6. The third-order valence-corrected chi connectivity index (χ3v) is 6.11. The van der Waals surface area contributed by atoms with E-state index in [2.05, 4.69) is 144 Å². The van der Waals surface area contributed by atoms with Gasteiger partial charge in [-0.05, 0) is 52.4 Å². The van der Waals surface area contributed by atoms with Crippen molar-refractivity contribution in [2.75, 3.05) is 16.7 Å². The lowest BCUT2D eigenvalue weighted by Gasteiger charge is -2.45. The molecule has 166 valence electrons. The van der Waals surface area contributed by atoms with Gasteiger partial charge in [0.1, 0.15) is 6.67 Å². The van der Waals surface area contributed by atoms with Crippen LogP contribution in [0.4, 0.5) is 11.4 Å². The first kappa shape index (κ1) is 21.3. The van der Waals surface area contributed by atoms with Gasteiger partial charge in [0, 0.05) is 0 Å². The fourth-order valence-corrected chi connectivity index (χ4v) is 4.13. The second-order valence-corrected chi connectivity index (χ2v) is 8.80. The SMILES string of the molecule is CC(C)C1NN(c2ccc(-c3ccccc3)cc2)CN(c2ccc(-c3ccccc3)cc2)N1. The molecule has 0 saturated carbocycles. The second kappa shape index (κ2) is 9.49. The first-order valence-corrected chi connectivity index (χ1v) is 11.6. The fourth-order valence-electron chi connectivity index (χ4n) is 4.13. The molecular formula is C29H30N4. The number of nitrogens with one attached hydrogen (secondary N) is 2. The minimum absolute atomic E-state index is 0.126. The van der Waals surface area contributed by atoms with Gasteiger partial charge in [-0.25, -0.2) is 10.9 Å². The zero-order valence-electron chi connectivity index (χ0n) is 19.1. The zero-order valence-corrected chi connectivity index (χ0v) is 19.1. The highest BCUT2D eigenvalue weighted by molar-refractivity contribution is 5.68. The van der Waals surface area contributed by atoms with E-state index < -0.39 is 0 Å². The van der Waals surface area contributed by atoms with Crippen molar-refractivity contribution in [1.82, 2.24) is 10.9 Å². The van der Waals surface area contributed by atoms with Crippen molar-refractivity contribution in [2.24, 2.45) is 5.92 Å². The van der Waals surface area contributed by atoms with Crippen molar-refractivity contribution >= 4 is 11.4 Å². The maximum Gasteiger partial charge on any atom is 0.120 e. The molecule has 4 aromatic carbocycles. The van der Waals surface area contributed by atoms with E-state index in [-0.39, 0.29) is 6.17 Å². The van der Waals surface area contributed by atoms with Crippen molar-refractivity contribution in [1.29, 1.82) is 0 Å². The lowest BCUT2D eigenvalue weighted by Crippen LogP contribution is -2.68. The third kappa shape index (κ3) is 4.77. The van der Waals surface area contributed by atoms with E-state index in [1.165, 1.54) is 22.3 Å². The molecular weight excluding hydrogens is 404 g/mol. The van der Waals surface area contributed by atoms with Gasteiger partial charge in [-0.2, -0.15) is 0 Å². The average molecular weight is 435 g/mol. The lowest BCUT2D eigenvalue weighted by atomic mass is 10.1. The van der Waals surface area contributed by atoms with Gasteiger partial charge in [-0.15, -0.1) is 0 Å². The summed E-state index contributed by atoms with van der Waals surface area (Å²) in [4.78, 5) is 0. The van der Waals surface area contributed by atoms with Gasteiger partial charge in [-0.1, -0.05) is 98.8 Å². The van der Waals surface area contributed by atoms with Gasteiger partial charge in [0.15, 0.2) is 0 Å². The highest BCUT2D eigenvalue weighted by Crippen LogP contribution is 2.27. The van der Waals surface area contributed by atoms with E-state index in [0.717, 1.165) is 11.4 Å². The molecule has 2 N–H and O–H groups in total. The van der Waals surface area contributed by atoms with E-state index in [1.54, 1.807) is 0 Å². The molecule has 4 heteroatoms. The van der Waals surface area contributed by atoms with Crippen LogP contribution in [0.3, 0.4) is 0 Å². The highest BCUT2D eigenvalue weighted by atomic mass is 15.7. The predicted molar refractivity (Wildman–Crippen MR) is 138 cm³/mol. The van der Waals surface area contributed by atoms with Gasteiger partial charge in [0.05, 0.1) is 17.5 Å². The van der Waals surface area contributed by atoms with Gasteiger partial charge >= 0.3 is 0 Å². The van der Waals surface area contributed by atoms with Crippen LogP contribution in [0.25, 0.3) is 22.3 Å². The molecule has 33 heavy (non-hydrogen) atoms. The molecule has 1 fully saturated rings. The Balaban J connectivity index is 1.37. The molecule has 1 aliphatic heterocycles. The van der Waals surface area contributed by atoms with Crippen molar-refractivity contribution < 1.29 is 0 Å². The van der Waals surface area contributed by atoms with Gasteiger partial charge in [0.25, 0.3) is 0 Å². The molecule has 0 atom stereocenters. The van der Waals surface area contributed by atoms with Crippen LogP contribution in [0.1, 0.15) is 13.8 Å². The molecule has 0 bridgehead atoms. The topological polar surface area (TPSA) is 30.5 Å². The second-order valence-electron chi connectivity index (χ2n) is 8.80. The number of benzene rings is 4. The van der Waals surface area contributed by atoms with E-state index in [0.29, 0.717) is 12.6 Å². The van der Waals surface area contributed by atoms with Crippen molar-refractivity contribution in [3.63, 3.8) is 0 Å². The monoisotopic (exact) mass is 434 g/mol. The van der Waals surface area contributed by atoms with Crippen LogP contribution in [0.15, 0.2) is 109 Å². The maximum atomic E-state index is 3.65. The number of hydrazine groups is 2. The molecule has 0 spiro atoms. The van der Waals surface area contributed by atoms with Crippen LogP contribution in [0, 0.1) is 5.92 Å². The molecule has 1 heterocycles. The van der Waals surface area contributed by atoms with E-state index in [1.807, 2.05) is 0 Å². The molecule has 0 unspecified atom stereocenters. The summed E-state index contributed by atoms with van der Waals surface area (Å²) in [5.41, 5.74) is 14.5. The predicted octanol–water partition coefficient (Wildman–Crippen LogP) is 6.30. The maximum absolute atomic E-state index is 3.65. The Labute approximate surface area is 196 Å². The first-order chi connectivity index (χ1) is 16.2. The normalized spacial score (nSPS) is 14.6. The lowest BCUT2D eigenvalue weighted by molar-refractivity contribution is 0.276. The Hall–Kier alpha value is -3.60. The summed E-state index contributed by atoms with van der Waals surface area (Å²) in [6.45, 7) is 5.14. The summed E-state index contributed by atoms with van der Waals surface area (Å²) in [6, 6.07) is 38.5. The van der Waals surface area contributed by atoms with Crippen LogP contribution < -0.4 is 20.9 Å². The minimum atomic E-state index is 0.126. The largest absolute Gasteiger partial charge is 0.286 e. The molecule has 0 radical (unpaired) electrons. The summed E-state index contributed by atoms with van der Waals surface area (Å²) in [5.74, 6) is 0.419. The molecule has 0 aliphatic carbocycles. The van der Waals surface area contributed by atoms with E-state index >= 15 is 0 Å². The molecule has 1 aliphatic rings. The average Bonchev–Trinajstić information content (AvgIpc) is 2.89. The molecule has 5 rings (SSSR count). The Morgan fingerprint density at radius 2 is 0.909 bits per heavy atom. The minimum Gasteiger partial charge on any atom is -0.286 e. The van der Waals surface area contributed by atoms with Gasteiger partial charge in [-0.3, -0.25) is 10.0 Å². The molecule has 1 saturated heterocycles. The summed E-state index contributed by atoms with van der Waals surface area (Å²) in [7, 11) is 0. The van der Waals surface area contributed by atoms with Gasteiger partial charge in [0.2, 0.25) is 0 Å². The quantitative estimate of drug-likeness (QED) is 0.386. The van der Waals surface area contributed by atoms with E-state index in [9.17, 15) is 0 Å². The highest BCUT2D eigenvalue weighted by Gasteiger charge is 2.27. The zero-order chi connectivity index (χ0) is 22.6. The number of nitrogens with zero attached hydrogens (tertiary/aromatic N) is 2. The Morgan fingerprint density at radius 1 is 0.545 bits per heavy atom. The number of hydrogen-bond acceptors (Lipinski definition) is 4. The molecule has 4 aromatic rings. The van der Waals surface area contributed by atoms with Crippen molar-refractivity contribution in [3.05, 3.63) is 109 Å². The number of hydrogen-bond donors (Lipinski definition) is 2. The Kier molecular flexibility index (Phi) is 6.11.